The molecule has 170 valence electrons. The molecule has 0 saturated heterocycles. The number of hydrogen-bond donors (Lipinski definition) is 2. The van der Waals surface area contributed by atoms with Gasteiger partial charge in [0.15, 0.2) is 17.6 Å². The number of ether oxygens (including phenoxy) is 1. The van der Waals surface area contributed by atoms with Gasteiger partial charge in [-0.1, -0.05) is 28.9 Å². The smallest absolute Gasteiger partial charge is 0.413 e. The van der Waals surface area contributed by atoms with Crippen LogP contribution in [0.15, 0.2) is 36.4 Å². The summed E-state index contributed by atoms with van der Waals surface area (Å²) in [5, 5.41) is 10.8. The average Bonchev–Trinajstić information content (AvgIpc) is 3.07. The van der Waals surface area contributed by atoms with Crippen LogP contribution in [-0.4, -0.2) is 47.4 Å². The molecule has 0 aliphatic carbocycles. The SMILES string of the molecule is Cc1nc(-c2nnn(C)c2NC(=O)O[C@H](CF)c2cccc(Cl)c2)ccc1NS(C)(=O)=O. The Hall–Kier alpha value is -3.25. The number of rotatable bonds is 7. The molecule has 2 N–H and O–H groups in total. The number of sulfonamides is 1. The summed E-state index contributed by atoms with van der Waals surface area (Å²) in [4.78, 5) is 16.8. The fourth-order valence-electron chi connectivity index (χ4n) is 2.82. The lowest BCUT2D eigenvalue weighted by Gasteiger charge is -2.16. The number of pyridine rings is 1. The van der Waals surface area contributed by atoms with Gasteiger partial charge in [0.2, 0.25) is 10.0 Å². The summed E-state index contributed by atoms with van der Waals surface area (Å²) < 4.78 is 45.3. The van der Waals surface area contributed by atoms with Crippen molar-refractivity contribution in [1.29, 1.82) is 0 Å². The molecule has 10 nitrogen and oxygen atoms in total. The van der Waals surface area contributed by atoms with Gasteiger partial charge in [0.05, 0.1) is 23.3 Å². The van der Waals surface area contributed by atoms with Crippen molar-refractivity contribution in [2.45, 2.75) is 13.0 Å². The number of aromatic nitrogens is 4. The molecule has 3 aromatic rings. The molecule has 0 fully saturated rings. The highest BCUT2D eigenvalue weighted by atomic mass is 35.5. The Kier molecular flexibility index (Phi) is 6.94. The van der Waals surface area contributed by atoms with E-state index in [9.17, 15) is 17.6 Å². The minimum atomic E-state index is -3.47. The van der Waals surface area contributed by atoms with E-state index in [2.05, 4.69) is 25.3 Å². The first-order chi connectivity index (χ1) is 15.1. The van der Waals surface area contributed by atoms with Crippen molar-refractivity contribution in [1.82, 2.24) is 20.0 Å². The summed E-state index contributed by atoms with van der Waals surface area (Å²) >= 11 is 5.92. The van der Waals surface area contributed by atoms with Crippen LogP contribution in [0.5, 0.6) is 0 Å². The second-order valence-electron chi connectivity index (χ2n) is 6.84. The van der Waals surface area contributed by atoms with Gasteiger partial charge < -0.3 is 4.74 Å². The maximum absolute atomic E-state index is 13.5. The molecule has 1 atom stereocenters. The fraction of sp³-hybridized carbons (Fsp3) is 0.263. The Balaban J connectivity index is 1.81. The first-order valence-corrected chi connectivity index (χ1v) is 11.5. The van der Waals surface area contributed by atoms with E-state index in [4.69, 9.17) is 16.3 Å². The molecular formula is C19H20ClFN6O4S. The molecule has 3 rings (SSSR count). The number of aryl methyl sites for hydroxylation is 2. The van der Waals surface area contributed by atoms with Crippen LogP contribution in [0.1, 0.15) is 17.4 Å². The van der Waals surface area contributed by atoms with Crippen LogP contribution < -0.4 is 10.0 Å². The van der Waals surface area contributed by atoms with Crippen LogP contribution in [0.4, 0.5) is 20.7 Å². The largest absolute Gasteiger partial charge is 0.438 e. The van der Waals surface area contributed by atoms with E-state index in [0.29, 0.717) is 27.7 Å². The van der Waals surface area contributed by atoms with Crippen molar-refractivity contribution in [2.75, 3.05) is 23.0 Å². The molecule has 2 heterocycles. The van der Waals surface area contributed by atoms with Gasteiger partial charge in [0, 0.05) is 12.1 Å². The standard InChI is InChI=1S/C19H20ClFN6O4S/c1-11-14(25-32(3,29)30)7-8-15(22-11)17-18(27(2)26-24-17)23-19(28)31-16(10-21)12-5-4-6-13(20)9-12/h4-9,16,25H,10H2,1-3H3,(H,23,28)/t16-/m1/s1. The summed E-state index contributed by atoms with van der Waals surface area (Å²) in [5.41, 5.74) is 1.66. The summed E-state index contributed by atoms with van der Waals surface area (Å²) in [5.74, 6) is 0.162. The van der Waals surface area contributed by atoms with E-state index in [1.165, 1.54) is 22.9 Å². The van der Waals surface area contributed by atoms with Crippen molar-refractivity contribution in [3.63, 3.8) is 0 Å². The van der Waals surface area contributed by atoms with Gasteiger partial charge in [-0.05, 0) is 36.8 Å². The van der Waals surface area contributed by atoms with Crippen LogP contribution in [0.25, 0.3) is 11.4 Å². The van der Waals surface area contributed by atoms with Crippen molar-refractivity contribution in [2.24, 2.45) is 7.05 Å². The number of alkyl halides is 1. The third-order valence-corrected chi connectivity index (χ3v) is 5.11. The molecule has 0 aliphatic rings. The number of nitrogens with one attached hydrogen (secondary N) is 2. The minimum absolute atomic E-state index is 0.162. The van der Waals surface area contributed by atoms with E-state index in [1.807, 2.05) is 0 Å². The van der Waals surface area contributed by atoms with Crippen molar-refractivity contribution in [3.8, 4) is 11.4 Å². The Morgan fingerprint density at radius 1 is 1.31 bits per heavy atom. The molecule has 0 radical (unpaired) electrons. The van der Waals surface area contributed by atoms with Crippen molar-refractivity contribution in [3.05, 3.63) is 52.7 Å². The number of amides is 1. The highest BCUT2D eigenvalue weighted by Gasteiger charge is 2.22. The molecule has 0 aliphatic heterocycles. The van der Waals surface area contributed by atoms with E-state index in [-0.39, 0.29) is 11.5 Å². The predicted molar refractivity (Wildman–Crippen MR) is 118 cm³/mol. The quantitative estimate of drug-likeness (QED) is 0.527. The molecule has 0 spiro atoms. The highest BCUT2D eigenvalue weighted by Crippen LogP contribution is 2.27. The molecule has 13 heteroatoms. The van der Waals surface area contributed by atoms with Gasteiger partial charge in [0.1, 0.15) is 6.67 Å². The molecule has 1 amide bonds. The van der Waals surface area contributed by atoms with Crippen LogP contribution in [-0.2, 0) is 21.8 Å². The van der Waals surface area contributed by atoms with E-state index >= 15 is 0 Å². The topological polar surface area (TPSA) is 128 Å². The van der Waals surface area contributed by atoms with E-state index < -0.39 is 28.9 Å². The van der Waals surface area contributed by atoms with Crippen molar-refractivity contribution >= 4 is 39.2 Å². The highest BCUT2D eigenvalue weighted by molar-refractivity contribution is 7.92. The monoisotopic (exact) mass is 482 g/mol. The van der Waals surface area contributed by atoms with Gasteiger partial charge in [-0.3, -0.25) is 10.0 Å². The molecule has 0 unspecified atom stereocenters. The Morgan fingerprint density at radius 2 is 2.06 bits per heavy atom. The van der Waals surface area contributed by atoms with E-state index in [0.717, 1.165) is 6.26 Å². The summed E-state index contributed by atoms with van der Waals surface area (Å²) in [6.07, 6.45) is -1.04. The zero-order chi connectivity index (χ0) is 23.5. The summed E-state index contributed by atoms with van der Waals surface area (Å²) in [7, 11) is -1.93. The number of anilines is 2. The molecule has 1 aromatic carbocycles. The lowest BCUT2D eigenvalue weighted by Crippen LogP contribution is -2.20. The van der Waals surface area contributed by atoms with Gasteiger partial charge in [0.25, 0.3) is 0 Å². The van der Waals surface area contributed by atoms with Crippen LogP contribution in [0, 0.1) is 6.92 Å². The average molecular weight is 483 g/mol. The normalized spacial score (nSPS) is 12.3. The Bertz CT molecular complexity index is 1250. The summed E-state index contributed by atoms with van der Waals surface area (Å²) in [6.45, 7) is 0.672. The van der Waals surface area contributed by atoms with Gasteiger partial charge in [-0.2, -0.15) is 0 Å². The lowest BCUT2D eigenvalue weighted by atomic mass is 10.1. The van der Waals surface area contributed by atoms with Crippen molar-refractivity contribution < 1.29 is 22.3 Å². The molecular weight excluding hydrogens is 463 g/mol. The Morgan fingerprint density at radius 3 is 2.69 bits per heavy atom. The maximum atomic E-state index is 13.5. The van der Waals surface area contributed by atoms with Gasteiger partial charge >= 0.3 is 6.09 Å². The fourth-order valence-corrected chi connectivity index (χ4v) is 3.64. The first kappa shape index (κ1) is 23.4. The molecule has 2 aromatic heterocycles. The molecule has 0 saturated carbocycles. The molecule has 32 heavy (non-hydrogen) atoms. The molecule has 0 bridgehead atoms. The third-order valence-electron chi connectivity index (χ3n) is 4.28. The maximum Gasteiger partial charge on any atom is 0.413 e. The van der Waals surface area contributed by atoms with E-state index in [1.54, 1.807) is 32.2 Å². The lowest BCUT2D eigenvalue weighted by molar-refractivity contribution is 0.0928. The van der Waals surface area contributed by atoms with Crippen LogP contribution >= 0.6 is 11.6 Å². The van der Waals surface area contributed by atoms with Crippen LogP contribution in [0.2, 0.25) is 5.02 Å². The number of benzene rings is 1. The zero-order valence-electron chi connectivity index (χ0n) is 17.3. The predicted octanol–water partition coefficient (Wildman–Crippen LogP) is 3.47. The third kappa shape index (κ3) is 5.71. The second-order valence-corrected chi connectivity index (χ2v) is 9.03. The minimum Gasteiger partial charge on any atom is -0.438 e. The van der Waals surface area contributed by atoms with Gasteiger partial charge in [-0.25, -0.2) is 27.3 Å². The van der Waals surface area contributed by atoms with Gasteiger partial charge in [-0.15, -0.1) is 5.10 Å². The Labute approximate surface area is 188 Å². The number of carbonyl (C=O) groups excluding carboxylic acids is 1. The number of halogens is 2. The zero-order valence-corrected chi connectivity index (χ0v) is 18.9. The first-order valence-electron chi connectivity index (χ1n) is 9.22. The number of carbonyl (C=O) groups is 1. The van der Waals surface area contributed by atoms with Crippen LogP contribution in [0.3, 0.4) is 0 Å². The number of nitrogens with zero attached hydrogens (tertiary/aromatic N) is 4. The summed E-state index contributed by atoms with van der Waals surface area (Å²) in [6, 6.07) is 9.40. The number of hydrogen-bond acceptors (Lipinski definition) is 7. The second kappa shape index (κ2) is 9.49.